The van der Waals surface area contributed by atoms with Crippen LogP contribution in [-0.4, -0.2) is 40.4 Å². The van der Waals surface area contributed by atoms with E-state index in [1.807, 2.05) is 0 Å². The van der Waals surface area contributed by atoms with Gasteiger partial charge in [0.1, 0.15) is 0 Å². The second-order valence-electron chi connectivity index (χ2n) is 5.85. The van der Waals surface area contributed by atoms with Crippen molar-refractivity contribution in [2.24, 2.45) is 0 Å². The Labute approximate surface area is 133 Å². The number of likely N-dealkylation sites (N-methyl/N-ethyl adjacent to an activating group) is 1. The SMILES string of the molecule is CCc1nn(CC)c(CN(CC)CC2CCCCN2)c1Cl. The fraction of sp³-hybridized carbons (Fsp3) is 0.812. The molecule has 1 unspecified atom stereocenters. The van der Waals surface area contributed by atoms with Crippen molar-refractivity contribution in [3.63, 3.8) is 0 Å². The van der Waals surface area contributed by atoms with E-state index >= 15 is 0 Å². The third-order valence-corrected chi connectivity index (χ3v) is 4.84. The first-order valence-corrected chi connectivity index (χ1v) is 8.77. The summed E-state index contributed by atoms with van der Waals surface area (Å²) in [6, 6.07) is 0.626. The molecule has 120 valence electrons. The molecule has 1 aliphatic heterocycles. The summed E-state index contributed by atoms with van der Waals surface area (Å²) in [5.74, 6) is 0. The largest absolute Gasteiger partial charge is 0.313 e. The molecule has 0 aromatic carbocycles. The minimum absolute atomic E-state index is 0.626. The molecule has 1 aromatic rings. The molecule has 2 rings (SSSR count). The number of nitrogens with zero attached hydrogens (tertiary/aromatic N) is 3. The van der Waals surface area contributed by atoms with Crippen molar-refractivity contribution in [3.8, 4) is 0 Å². The Kier molecular flexibility index (Phi) is 6.52. The lowest BCUT2D eigenvalue weighted by Crippen LogP contribution is -2.43. The Morgan fingerprint density at radius 3 is 2.71 bits per heavy atom. The van der Waals surface area contributed by atoms with Gasteiger partial charge >= 0.3 is 0 Å². The fourth-order valence-corrected chi connectivity index (χ4v) is 3.41. The molecular formula is C16H29ClN4. The maximum atomic E-state index is 6.53. The number of nitrogens with one attached hydrogen (secondary N) is 1. The van der Waals surface area contributed by atoms with Crippen molar-refractivity contribution in [1.29, 1.82) is 0 Å². The average molecular weight is 313 g/mol. The van der Waals surface area contributed by atoms with E-state index < -0.39 is 0 Å². The van der Waals surface area contributed by atoms with Crippen molar-refractivity contribution >= 4 is 11.6 Å². The maximum absolute atomic E-state index is 6.53. The van der Waals surface area contributed by atoms with Crippen LogP contribution in [0.1, 0.15) is 51.4 Å². The number of rotatable bonds is 7. The van der Waals surface area contributed by atoms with Gasteiger partial charge in [-0.1, -0.05) is 31.9 Å². The zero-order valence-electron chi connectivity index (χ0n) is 13.7. The van der Waals surface area contributed by atoms with Gasteiger partial charge in [0, 0.05) is 25.7 Å². The van der Waals surface area contributed by atoms with Gasteiger partial charge in [-0.2, -0.15) is 5.10 Å². The van der Waals surface area contributed by atoms with Crippen LogP contribution in [0, 0.1) is 0 Å². The van der Waals surface area contributed by atoms with E-state index in [9.17, 15) is 0 Å². The normalized spacial score (nSPS) is 19.4. The second kappa shape index (κ2) is 8.16. The Morgan fingerprint density at radius 2 is 2.14 bits per heavy atom. The molecule has 0 radical (unpaired) electrons. The summed E-state index contributed by atoms with van der Waals surface area (Å²) in [4.78, 5) is 2.48. The molecule has 1 aromatic heterocycles. The molecule has 4 nitrogen and oxygen atoms in total. The van der Waals surface area contributed by atoms with Crippen LogP contribution in [0.15, 0.2) is 0 Å². The van der Waals surface area contributed by atoms with Crippen LogP contribution < -0.4 is 5.32 Å². The Balaban J connectivity index is 2.05. The zero-order valence-corrected chi connectivity index (χ0v) is 14.4. The van der Waals surface area contributed by atoms with Crippen LogP contribution in [0.4, 0.5) is 0 Å². The molecule has 0 spiro atoms. The van der Waals surface area contributed by atoms with Gasteiger partial charge in [-0.05, 0) is 39.3 Å². The predicted octanol–water partition coefficient (Wildman–Crippen LogP) is 3.08. The number of hydrogen-bond donors (Lipinski definition) is 1. The third-order valence-electron chi connectivity index (χ3n) is 4.41. The van der Waals surface area contributed by atoms with Crippen molar-refractivity contribution < 1.29 is 0 Å². The first-order valence-electron chi connectivity index (χ1n) is 8.39. The number of hydrogen-bond acceptors (Lipinski definition) is 3. The van der Waals surface area contributed by atoms with E-state index in [4.69, 9.17) is 11.6 Å². The summed E-state index contributed by atoms with van der Waals surface area (Å²) >= 11 is 6.53. The fourth-order valence-electron chi connectivity index (χ4n) is 3.08. The molecule has 0 saturated carbocycles. The van der Waals surface area contributed by atoms with Gasteiger partial charge in [-0.3, -0.25) is 9.58 Å². The minimum atomic E-state index is 0.626. The topological polar surface area (TPSA) is 33.1 Å². The van der Waals surface area contributed by atoms with Gasteiger partial charge in [0.2, 0.25) is 0 Å². The summed E-state index contributed by atoms with van der Waals surface area (Å²) in [6.07, 6.45) is 4.85. The lowest BCUT2D eigenvalue weighted by Gasteiger charge is -2.30. The molecule has 0 bridgehead atoms. The molecule has 2 heterocycles. The molecule has 1 saturated heterocycles. The summed E-state index contributed by atoms with van der Waals surface area (Å²) in [6.45, 7) is 11.6. The smallest absolute Gasteiger partial charge is 0.0863 e. The number of halogens is 1. The van der Waals surface area contributed by atoms with Gasteiger partial charge < -0.3 is 5.32 Å². The highest BCUT2D eigenvalue weighted by atomic mass is 35.5. The van der Waals surface area contributed by atoms with Gasteiger partial charge in [0.05, 0.1) is 16.4 Å². The summed E-state index contributed by atoms with van der Waals surface area (Å²) < 4.78 is 2.07. The molecular weight excluding hydrogens is 284 g/mol. The lowest BCUT2D eigenvalue weighted by molar-refractivity contribution is 0.221. The average Bonchev–Trinajstić information content (AvgIpc) is 2.83. The molecule has 1 atom stereocenters. The zero-order chi connectivity index (χ0) is 15.2. The first-order chi connectivity index (χ1) is 10.2. The Hall–Kier alpha value is -0.580. The Bertz CT molecular complexity index is 438. The second-order valence-corrected chi connectivity index (χ2v) is 6.23. The predicted molar refractivity (Wildman–Crippen MR) is 88.9 cm³/mol. The van der Waals surface area contributed by atoms with Gasteiger partial charge in [0.15, 0.2) is 0 Å². The highest BCUT2D eigenvalue weighted by Crippen LogP contribution is 2.23. The van der Waals surface area contributed by atoms with Crippen molar-refractivity contribution in [1.82, 2.24) is 20.0 Å². The van der Waals surface area contributed by atoms with E-state index in [2.05, 4.69) is 40.8 Å². The van der Waals surface area contributed by atoms with E-state index in [0.717, 1.165) is 49.9 Å². The monoisotopic (exact) mass is 312 g/mol. The quantitative estimate of drug-likeness (QED) is 0.840. The van der Waals surface area contributed by atoms with Crippen LogP contribution in [0.5, 0.6) is 0 Å². The van der Waals surface area contributed by atoms with Crippen molar-refractivity contribution in [2.75, 3.05) is 19.6 Å². The highest BCUT2D eigenvalue weighted by Gasteiger charge is 2.20. The van der Waals surface area contributed by atoms with Gasteiger partial charge in [-0.15, -0.1) is 0 Å². The van der Waals surface area contributed by atoms with Crippen molar-refractivity contribution in [3.05, 3.63) is 16.4 Å². The molecule has 0 aliphatic carbocycles. The molecule has 21 heavy (non-hydrogen) atoms. The highest BCUT2D eigenvalue weighted by molar-refractivity contribution is 6.31. The molecule has 1 fully saturated rings. The number of aryl methyl sites for hydroxylation is 2. The van der Waals surface area contributed by atoms with Gasteiger partial charge in [0.25, 0.3) is 0 Å². The third kappa shape index (κ3) is 4.21. The lowest BCUT2D eigenvalue weighted by atomic mass is 10.0. The van der Waals surface area contributed by atoms with E-state index in [1.54, 1.807) is 0 Å². The van der Waals surface area contributed by atoms with Crippen LogP contribution in [0.25, 0.3) is 0 Å². The molecule has 5 heteroatoms. The summed E-state index contributed by atoms with van der Waals surface area (Å²) in [5.41, 5.74) is 2.20. The van der Waals surface area contributed by atoms with Gasteiger partial charge in [-0.25, -0.2) is 0 Å². The summed E-state index contributed by atoms with van der Waals surface area (Å²) in [7, 11) is 0. The van der Waals surface area contributed by atoms with E-state index in [1.165, 1.54) is 25.0 Å². The molecule has 1 N–H and O–H groups in total. The van der Waals surface area contributed by atoms with Crippen LogP contribution in [-0.2, 0) is 19.5 Å². The van der Waals surface area contributed by atoms with Crippen LogP contribution in [0.2, 0.25) is 5.02 Å². The number of aromatic nitrogens is 2. The number of piperidine rings is 1. The standard InChI is InChI=1S/C16H29ClN4/c1-4-14-16(17)15(21(6-3)19-14)12-20(5-2)11-13-9-7-8-10-18-13/h13,18H,4-12H2,1-3H3. The van der Waals surface area contributed by atoms with E-state index in [-0.39, 0.29) is 0 Å². The maximum Gasteiger partial charge on any atom is 0.0863 e. The molecule has 0 amide bonds. The van der Waals surface area contributed by atoms with E-state index in [0.29, 0.717) is 6.04 Å². The van der Waals surface area contributed by atoms with Crippen LogP contribution >= 0.6 is 11.6 Å². The van der Waals surface area contributed by atoms with Crippen LogP contribution in [0.3, 0.4) is 0 Å². The molecule has 1 aliphatic rings. The van der Waals surface area contributed by atoms with Crippen molar-refractivity contribution in [2.45, 2.75) is 65.6 Å². The minimum Gasteiger partial charge on any atom is -0.313 e. The first kappa shape index (κ1) is 16.8. The Morgan fingerprint density at radius 1 is 1.33 bits per heavy atom. The summed E-state index contributed by atoms with van der Waals surface area (Å²) in [5, 5.41) is 9.13.